The molecular weight excluding hydrogens is 288 g/mol. The van der Waals surface area contributed by atoms with Gasteiger partial charge < -0.3 is 5.11 Å². The largest absolute Gasteiger partial charge is 0.507 e. The molecule has 0 saturated heterocycles. The molecule has 4 nitrogen and oxygen atoms in total. The first-order valence-corrected chi connectivity index (χ1v) is 6.76. The Hall–Kier alpha value is -2.33. The van der Waals surface area contributed by atoms with Crippen LogP contribution in [0.15, 0.2) is 47.6 Å². The maximum absolute atomic E-state index is 12.0. The molecule has 1 amide bonds. The molecule has 0 aliphatic carbocycles. The highest BCUT2D eigenvalue weighted by atomic mass is 35.5. The number of carbonyl (C=O) groups excluding carboxylic acids is 1. The quantitative estimate of drug-likeness (QED) is 0.673. The molecule has 21 heavy (non-hydrogen) atoms. The van der Waals surface area contributed by atoms with Gasteiger partial charge >= 0.3 is 0 Å². The number of hydrogen-bond acceptors (Lipinski definition) is 3. The molecule has 0 spiro atoms. The number of amides is 1. The average Bonchev–Trinajstić information content (AvgIpc) is 2.45. The van der Waals surface area contributed by atoms with Crippen molar-refractivity contribution in [1.29, 1.82) is 0 Å². The van der Waals surface area contributed by atoms with E-state index in [-0.39, 0.29) is 5.75 Å². The molecule has 0 fully saturated rings. The highest BCUT2D eigenvalue weighted by Crippen LogP contribution is 2.18. The second kappa shape index (κ2) is 6.41. The summed E-state index contributed by atoms with van der Waals surface area (Å²) in [6.07, 6.45) is 0. The summed E-state index contributed by atoms with van der Waals surface area (Å²) in [6, 6.07) is 12.0. The molecule has 0 unspecified atom stereocenters. The van der Waals surface area contributed by atoms with Crippen molar-refractivity contribution in [3.8, 4) is 5.75 Å². The highest BCUT2D eigenvalue weighted by Gasteiger charge is 2.10. The van der Waals surface area contributed by atoms with Gasteiger partial charge in [0, 0.05) is 5.56 Å². The summed E-state index contributed by atoms with van der Waals surface area (Å²) < 4.78 is 0. The summed E-state index contributed by atoms with van der Waals surface area (Å²) in [5.74, 6) is -0.281. The summed E-state index contributed by atoms with van der Waals surface area (Å²) in [5, 5.41) is 14.1. The van der Waals surface area contributed by atoms with Crippen LogP contribution in [0.4, 0.5) is 0 Å². The molecular formula is C16H15ClN2O2. The van der Waals surface area contributed by atoms with E-state index in [1.54, 1.807) is 49.4 Å². The monoisotopic (exact) mass is 302 g/mol. The fourth-order valence-corrected chi connectivity index (χ4v) is 2.16. The lowest BCUT2D eigenvalue weighted by Crippen LogP contribution is -2.19. The number of nitrogens with one attached hydrogen (secondary N) is 1. The minimum Gasteiger partial charge on any atom is -0.507 e. The molecule has 0 aliphatic rings. The van der Waals surface area contributed by atoms with Crippen LogP contribution in [0.3, 0.4) is 0 Å². The topological polar surface area (TPSA) is 61.7 Å². The Kier molecular flexibility index (Phi) is 4.60. The standard InChI is InChI=1S/C16H15ClN2O2/c1-10-7-8-13(14(17)9-10)16(21)19-18-11(2)12-5-3-4-6-15(12)20/h3-9,20H,1-2H3,(H,19,21)/b18-11-. The van der Waals surface area contributed by atoms with Gasteiger partial charge in [0.05, 0.1) is 16.3 Å². The molecule has 5 heteroatoms. The van der Waals surface area contributed by atoms with Crippen LogP contribution < -0.4 is 5.43 Å². The zero-order valence-corrected chi connectivity index (χ0v) is 12.5. The molecule has 2 aromatic rings. The van der Waals surface area contributed by atoms with Crippen LogP contribution in [-0.4, -0.2) is 16.7 Å². The van der Waals surface area contributed by atoms with E-state index in [4.69, 9.17) is 11.6 Å². The fourth-order valence-electron chi connectivity index (χ4n) is 1.84. The third kappa shape index (κ3) is 3.61. The number of phenols is 1. The lowest BCUT2D eigenvalue weighted by molar-refractivity contribution is 0.0955. The second-order valence-corrected chi connectivity index (χ2v) is 5.05. The van der Waals surface area contributed by atoms with Crippen molar-refractivity contribution in [3.05, 3.63) is 64.2 Å². The van der Waals surface area contributed by atoms with Gasteiger partial charge in [-0.05, 0) is 43.7 Å². The Morgan fingerprint density at radius 2 is 1.90 bits per heavy atom. The summed E-state index contributed by atoms with van der Waals surface area (Å²) >= 11 is 6.03. The zero-order valence-electron chi connectivity index (χ0n) is 11.7. The van der Waals surface area contributed by atoms with Crippen LogP contribution in [0, 0.1) is 6.92 Å². The number of carbonyl (C=O) groups is 1. The van der Waals surface area contributed by atoms with Crippen molar-refractivity contribution >= 4 is 23.2 Å². The third-order valence-corrected chi connectivity index (χ3v) is 3.30. The first kappa shape index (κ1) is 15.1. The van der Waals surface area contributed by atoms with Gasteiger partial charge in [-0.25, -0.2) is 5.43 Å². The van der Waals surface area contributed by atoms with Crippen LogP contribution in [0.5, 0.6) is 5.75 Å². The third-order valence-electron chi connectivity index (χ3n) is 2.99. The van der Waals surface area contributed by atoms with E-state index in [0.29, 0.717) is 21.9 Å². The Labute approximate surface area is 128 Å². The molecule has 0 heterocycles. The lowest BCUT2D eigenvalue weighted by Gasteiger charge is -2.06. The number of hydrazone groups is 1. The Morgan fingerprint density at radius 1 is 1.19 bits per heavy atom. The highest BCUT2D eigenvalue weighted by molar-refractivity contribution is 6.33. The number of halogens is 1. The van der Waals surface area contributed by atoms with E-state index in [1.165, 1.54) is 0 Å². The van der Waals surface area contributed by atoms with Gasteiger partial charge in [0.2, 0.25) is 0 Å². The van der Waals surface area contributed by atoms with Crippen LogP contribution >= 0.6 is 11.6 Å². The predicted molar refractivity (Wildman–Crippen MR) is 84.0 cm³/mol. The van der Waals surface area contributed by atoms with Crippen molar-refractivity contribution in [3.63, 3.8) is 0 Å². The molecule has 0 atom stereocenters. The normalized spacial score (nSPS) is 11.3. The smallest absolute Gasteiger partial charge is 0.272 e. The second-order valence-electron chi connectivity index (χ2n) is 4.64. The molecule has 0 saturated carbocycles. The van der Waals surface area contributed by atoms with E-state index < -0.39 is 5.91 Å². The van der Waals surface area contributed by atoms with E-state index in [0.717, 1.165) is 5.56 Å². The number of phenolic OH excluding ortho intramolecular Hbond substituents is 1. The Morgan fingerprint density at radius 3 is 2.57 bits per heavy atom. The number of benzene rings is 2. The average molecular weight is 303 g/mol. The van der Waals surface area contributed by atoms with Crippen LogP contribution in [0.2, 0.25) is 5.02 Å². The molecule has 108 valence electrons. The number of aryl methyl sites for hydroxylation is 1. The summed E-state index contributed by atoms with van der Waals surface area (Å²) in [6.45, 7) is 3.60. The van der Waals surface area contributed by atoms with Gasteiger partial charge in [-0.3, -0.25) is 4.79 Å². The van der Waals surface area contributed by atoms with E-state index >= 15 is 0 Å². The lowest BCUT2D eigenvalue weighted by atomic mass is 10.1. The minimum absolute atomic E-state index is 0.112. The molecule has 2 rings (SSSR count). The SMILES string of the molecule is C/C(=N/NC(=O)c1ccc(C)cc1Cl)c1ccccc1O. The first-order chi connectivity index (χ1) is 9.99. The zero-order chi connectivity index (χ0) is 15.4. The molecule has 0 aliphatic heterocycles. The van der Waals surface area contributed by atoms with Gasteiger partial charge in [0.15, 0.2) is 0 Å². The molecule has 0 radical (unpaired) electrons. The maximum Gasteiger partial charge on any atom is 0.272 e. The van der Waals surface area contributed by atoms with Crippen LogP contribution in [-0.2, 0) is 0 Å². The van der Waals surface area contributed by atoms with Gasteiger partial charge in [-0.15, -0.1) is 0 Å². The summed E-state index contributed by atoms with van der Waals surface area (Å²) in [4.78, 5) is 12.0. The molecule has 2 aromatic carbocycles. The van der Waals surface area contributed by atoms with E-state index in [1.807, 2.05) is 6.92 Å². The molecule has 0 bridgehead atoms. The number of hydrogen-bond donors (Lipinski definition) is 2. The van der Waals surface area contributed by atoms with Gasteiger partial charge in [0.1, 0.15) is 5.75 Å². The number of rotatable bonds is 3. The van der Waals surface area contributed by atoms with Crippen molar-refractivity contribution in [2.75, 3.05) is 0 Å². The number of nitrogens with zero attached hydrogens (tertiary/aromatic N) is 1. The van der Waals surface area contributed by atoms with E-state index in [9.17, 15) is 9.90 Å². The van der Waals surface area contributed by atoms with Crippen molar-refractivity contribution in [1.82, 2.24) is 5.43 Å². The Bertz CT molecular complexity index is 711. The Balaban J connectivity index is 2.17. The van der Waals surface area contributed by atoms with Gasteiger partial charge in [0.25, 0.3) is 5.91 Å². The van der Waals surface area contributed by atoms with Crippen LogP contribution in [0.25, 0.3) is 0 Å². The van der Waals surface area contributed by atoms with Gasteiger partial charge in [-0.1, -0.05) is 29.8 Å². The first-order valence-electron chi connectivity index (χ1n) is 6.38. The van der Waals surface area contributed by atoms with E-state index in [2.05, 4.69) is 10.5 Å². The fraction of sp³-hybridized carbons (Fsp3) is 0.125. The number of para-hydroxylation sites is 1. The van der Waals surface area contributed by atoms with Crippen molar-refractivity contribution in [2.45, 2.75) is 13.8 Å². The summed E-state index contributed by atoms with van der Waals surface area (Å²) in [7, 11) is 0. The van der Waals surface area contributed by atoms with Crippen molar-refractivity contribution in [2.24, 2.45) is 5.10 Å². The minimum atomic E-state index is -0.394. The molecule has 0 aromatic heterocycles. The maximum atomic E-state index is 12.0. The summed E-state index contributed by atoms with van der Waals surface area (Å²) in [5.41, 5.74) is 4.84. The van der Waals surface area contributed by atoms with Crippen molar-refractivity contribution < 1.29 is 9.90 Å². The predicted octanol–water partition coefficient (Wildman–Crippen LogP) is 3.51. The van der Waals surface area contributed by atoms with Crippen LogP contribution in [0.1, 0.15) is 28.4 Å². The van der Waals surface area contributed by atoms with Gasteiger partial charge in [-0.2, -0.15) is 5.10 Å². The molecule has 2 N–H and O–H groups in total. The number of aromatic hydroxyl groups is 1.